The van der Waals surface area contributed by atoms with Gasteiger partial charge in [0, 0.05) is 24.7 Å². The van der Waals surface area contributed by atoms with E-state index in [4.69, 9.17) is 4.74 Å². The number of nitrogens with one attached hydrogen (secondary N) is 1. The quantitative estimate of drug-likeness (QED) is 0.722. The lowest BCUT2D eigenvalue weighted by atomic mass is 9.83. The first-order chi connectivity index (χ1) is 10.3. The molecule has 0 spiro atoms. The summed E-state index contributed by atoms with van der Waals surface area (Å²) >= 11 is 3.66. The van der Waals surface area contributed by atoms with Gasteiger partial charge in [-0.2, -0.15) is 0 Å². The Morgan fingerprint density at radius 3 is 2.76 bits per heavy atom. The number of hydrogen-bond donors (Lipinski definition) is 1. The van der Waals surface area contributed by atoms with Crippen LogP contribution in [0, 0.1) is 5.92 Å². The van der Waals surface area contributed by atoms with Crippen molar-refractivity contribution in [3.8, 4) is 0 Å². The third-order valence-corrected chi connectivity index (χ3v) is 4.91. The number of rotatable bonds is 7. The molecule has 1 aliphatic carbocycles. The first-order valence-corrected chi connectivity index (χ1v) is 8.75. The molecule has 1 saturated carbocycles. The fourth-order valence-electron chi connectivity index (χ4n) is 2.99. The van der Waals surface area contributed by atoms with Crippen LogP contribution in [-0.2, 0) is 4.74 Å². The first kappa shape index (κ1) is 16.7. The van der Waals surface area contributed by atoms with E-state index < -0.39 is 0 Å². The van der Waals surface area contributed by atoms with Gasteiger partial charge in [0.25, 0.3) is 0 Å². The maximum atomic E-state index is 5.12. The highest BCUT2D eigenvalue weighted by Gasteiger charge is 2.17. The molecule has 116 valence electrons. The molecule has 2 nitrogen and oxygen atoms in total. The van der Waals surface area contributed by atoms with Gasteiger partial charge >= 0.3 is 0 Å². The average Bonchev–Trinajstić information content (AvgIpc) is 2.53. The Labute approximate surface area is 137 Å². The lowest BCUT2D eigenvalue weighted by Crippen LogP contribution is -2.25. The molecule has 0 aromatic heterocycles. The van der Waals surface area contributed by atoms with Gasteiger partial charge in [-0.1, -0.05) is 65.0 Å². The van der Waals surface area contributed by atoms with Crippen LogP contribution in [0.25, 0.3) is 6.08 Å². The zero-order valence-electron chi connectivity index (χ0n) is 12.9. The summed E-state index contributed by atoms with van der Waals surface area (Å²) in [5, 5.41) is 3.51. The highest BCUT2D eigenvalue weighted by molar-refractivity contribution is 9.10. The minimum atomic E-state index is 0.737. The van der Waals surface area contributed by atoms with Crippen LogP contribution in [0.5, 0.6) is 0 Å². The number of benzene rings is 1. The topological polar surface area (TPSA) is 21.3 Å². The average molecular weight is 352 g/mol. The number of hydrogen-bond acceptors (Lipinski definition) is 2. The molecule has 0 saturated heterocycles. The van der Waals surface area contributed by atoms with Gasteiger partial charge in [-0.15, -0.1) is 0 Å². The van der Waals surface area contributed by atoms with Crippen molar-refractivity contribution in [2.75, 3.05) is 26.8 Å². The van der Waals surface area contributed by atoms with E-state index in [1.165, 1.54) is 47.7 Å². The van der Waals surface area contributed by atoms with Gasteiger partial charge in [0.2, 0.25) is 0 Å². The Kier molecular flexibility index (Phi) is 7.48. The highest BCUT2D eigenvalue weighted by Crippen LogP contribution is 2.31. The summed E-state index contributed by atoms with van der Waals surface area (Å²) in [6.07, 6.45) is 9.19. The molecule has 0 bridgehead atoms. The van der Waals surface area contributed by atoms with Crippen LogP contribution in [0.15, 0.2) is 34.3 Å². The third-order valence-electron chi connectivity index (χ3n) is 4.19. The Bertz CT molecular complexity index is 452. The monoisotopic (exact) mass is 351 g/mol. The second kappa shape index (κ2) is 9.39. The maximum Gasteiger partial charge on any atom is 0.0587 e. The maximum absolute atomic E-state index is 5.12. The van der Waals surface area contributed by atoms with Crippen molar-refractivity contribution in [3.05, 3.63) is 39.9 Å². The SMILES string of the molecule is COCCNC/C(=C/c1ccccc1Br)C1CCCCC1. The lowest BCUT2D eigenvalue weighted by Gasteiger charge is -2.25. The van der Waals surface area contributed by atoms with Crippen LogP contribution < -0.4 is 5.32 Å². The van der Waals surface area contributed by atoms with Crippen molar-refractivity contribution in [2.45, 2.75) is 32.1 Å². The van der Waals surface area contributed by atoms with E-state index in [2.05, 4.69) is 51.6 Å². The van der Waals surface area contributed by atoms with Gasteiger partial charge in [0.1, 0.15) is 0 Å². The predicted octanol–water partition coefficient (Wildman–Crippen LogP) is 4.65. The highest BCUT2D eigenvalue weighted by atomic mass is 79.9. The van der Waals surface area contributed by atoms with Crippen LogP contribution in [0.4, 0.5) is 0 Å². The zero-order chi connectivity index (χ0) is 14.9. The Balaban J connectivity index is 2.08. The molecule has 0 heterocycles. The molecule has 0 unspecified atom stereocenters. The van der Waals surface area contributed by atoms with Crippen molar-refractivity contribution in [2.24, 2.45) is 5.92 Å². The smallest absolute Gasteiger partial charge is 0.0587 e. The summed E-state index contributed by atoms with van der Waals surface area (Å²) in [5.41, 5.74) is 2.82. The van der Waals surface area contributed by atoms with Gasteiger partial charge < -0.3 is 10.1 Å². The fourth-order valence-corrected chi connectivity index (χ4v) is 3.38. The van der Waals surface area contributed by atoms with E-state index in [1.807, 2.05) is 0 Å². The lowest BCUT2D eigenvalue weighted by molar-refractivity contribution is 0.200. The van der Waals surface area contributed by atoms with E-state index in [0.717, 1.165) is 25.6 Å². The molecular weight excluding hydrogens is 326 g/mol. The minimum absolute atomic E-state index is 0.737. The number of halogens is 1. The van der Waals surface area contributed by atoms with Gasteiger partial charge in [-0.25, -0.2) is 0 Å². The summed E-state index contributed by atoms with van der Waals surface area (Å²) < 4.78 is 6.29. The van der Waals surface area contributed by atoms with Crippen LogP contribution in [0.1, 0.15) is 37.7 Å². The molecule has 0 atom stereocenters. The second-order valence-corrected chi connectivity index (χ2v) is 6.60. The normalized spacial score (nSPS) is 17.1. The molecule has 0 radical (unpaired) electrons. The van der Waals surface area contributed by atoms with Crippen LogP contribution in [0.3, 0.4) is 0 Å². The molecule has 1 aromatic rings. The van der Waals surface area contributed by atoms with Crippen molar-refractivity contribution in [1.82, 2.24) is 5.32 Å². The molecular formula is C18H26BrNO. The molecule has 3 heteroatoms. The van der Waals surface area contributed by atoms with Crippen molar-refractivity contribution in [3.63, 3.8) is 0 Å². The van der Waals surface area contributed by atoms with E-state index in [9.17, 15) is 0 Å². The Morgan fingerprint density at radius 1 is 1.29 bits per heavy atom. The Morgan fingerprint density at radius 2 is 2.05 bits per heavy atom. The van der Waals surface area contributed by atoms with Crippen LogP contribution in [0.2, 0.25) is 0 Å². The molecule has 0 amide bonds. The van der Waals surface area contributed by atoms with Gasteiger partial charge in [0.15, 0.2) is 0 Å². The van der Waals surface area contributed by atoms with Crippen molar-refractivity contribution < 1.29 is 4.74 Å². The molecule has 0 aliphatic heterocycles. The van der Waals surface area contributed by atoms with E-state index >= 15 is 0 Å². The van der Waals surface area contributed by atoms with E-state index in [-0.39, 0.29) is 0 Å². The molecule has 1 aliphatic rings. The predicted molar refractivity (Wildman–Crippen MR) is 93.4 cm³/mol. The first-order valence-electron chi connectivity index (χ1n) is 7.96. The summed E-state index contributed by atoms with van der Waals surface area (Å²) in [5.74, 6) is 0.737. The summed E-state index contributed by atoms with van der Waals surface area (Å²) in [6.45, 7) is 2.65. The zero-order valence-corrected chi connectivity index (χ0v) is 14.5. The summed E-state index contributed by atoms with van der Waals surface area (Å²) in [6, 6.07) is 8.47. The van der Waals surface area contributed by atoms with Crippen molar-refractivity contribution in [1.29, 1.82) is 0 Å². The second-order valence-electron chi connectivity index (χ2n) is 5.75. The van der Waals surface area contributed by atoms with Gasteiger partial charge in [-0.3, -0.25) is 0 Å². The van der Waals surface area contributed by atoms with Crippen LogP contribution in [-0.4, -0.2) is 26.8 Å². The molecule has 2 rings (SSSR count). The number of methoxy groups -OCH3 is 1. The molecule has 1 N–H and O–H groups in total. The number of ether oxygens (including phenoxy) is 1. The van der Waals surface area contributed by atoms with E-state index in [1.54, 1.807) is 7.11 Å². The van der Waals surface area contributed by atoms with Gasteiger partial charge in [0.05, 0.1) is 6.61 Å². The molecule has 1 fully saturated rings. The molecule has 1 aromatic carbocycles. The van der Waals surface area contributed by atoms with E-state index in [0.29, 0.717) is 0 Å². The van der Waals surface area contributed by atoms with Gasteiger partial charge in [-0.05, 0) is 30.4 Å². The standard InChI is InChI=1S/C18H26BrNO/c1-21-12-11-20-14-17(15-7-3-2-4-8-15)13-16-9-5-6-10-18(16)19/h5-6,9-10,13,15,20H,2-4,7-8,11-12,14H2,1H3/b17-13-. The molecule has 21 heavy (non-hydrogen) atoms. The fraction of sp³-hybridized carbons (Fsp3) is 0.556. The van der Waals surface area contributed by atoms with Crippen molar-refractivity contribution >= 4 is 22.0 Å². The summed E-state index contributed by atoms with van der Waals surface area (Å²) in [7, 11) is 1.75. The largest absolute Gasteiger partial charge is 0.383 e. The Hall–Kier alpha value is -0.640. The third kappa shape index (κ3) is 5.57. The van der Waals surface area contributed by atoms with Crippen LogP contribution >= 0.6 is 15.9 Å². The summed E-state index contributed by atoms with van der Waals surface area (Å²) in [4.78, 5) is 0. The minimum Gasteiger partial charge on any atom is -0.383 e.